The maximum Gasteiger partial charge on any atom is 0.0720 e. The minimum absolute atomic E-state index is 0.125. The van der Waals surface area contributed by atoms with Gasteiger partial charge in [0.1, 0.15) is 0 Å². The summed E-state index contributed by atoms with van der Waals surface area (Å²) < 4.78 is 0. The van der Waals surface area contributed by atoms with Gasteiger partial charge in [-0.1, -0.05) is 123 Å². The molecule has 5 aromatic rings. The zero-order valence-corrected chi connectivity index (χ0v) is 24.2. The number of benzene rings is 5. The average Bonchev–Trinajstić information content (AvgIpc) is 3.31. The molecule has 41 heavy (non-hydrogen) atoms. The van der Waals surface area contributed by atoms with E-state index in [0.717, 1.165) is 11.4 Å². The third-order valence-electron chi connectivity index (χ3n) is 9.22. The summed E-state index contributed by atoms with van der Waals surface area (Å²) in [5, 5.41) is 3.74. The molecule has 1 spiro atoms. The molecule has 2 aliphatic carbocycles. The highest BCUT2D eigenvalue weighted by Crippen LogP contribution is 2.62. The molecule has 0 aliphatic heterocycles. The first-order valence-electron chi connectivity index (χ1n) is 14.6. The third kappa shape index (κ3) is 3.62. The molecule has 1 nitrogen and oxygen atoms in total. The summed E-state index contributed by atoms with van der Waals surface area (Å²) in [6.07, 6.45) is 6.40. The minimum Gasteiger partial charge on any atom is -0.356 e. The fourth-order valence-corrected chi connectivity index (χ4v) is 7.39. The lowest BCUT2D eigenvalue weighted by molar-refractivity contribution is 0.563. The topological polar surface area (TPSA) is 12.0 Å². The van der Waals surface area contributed by atoms with Gasteiger partial charge in [0.2, 0.25) is 0 Å². The van der Waals surface area contributed by atoms with E-state index in [4.69, 9.17) is 0 Å². The van der Waals surface area contributed by atoms with Crippen LogP contribution >= 0.6 is 0 Å². The second-order valence-corrected chi connectivity index (χ2v) is 11.7. The monoisotopic (exact) mass is 529 g/mol. The van der Waals surface area contributed by atoms with Crippen LogP contribution in [0.25, 0.3) is 16.7 Å². The normalized spacial score (nSPS) is 15.8. The van der Waals surface area contributed by atoms with E-state index < -0.39 is 0 Å². The lowest BCUT2D eigenvalue weighted by atomic mass is 9.55. The highest BCUT2D eigenvalue weighted by atomic mass is 14.9. The molecule has 0 saturated carbocycles. The largest absolute Gasteiger partial charge is 0.356 e. The number of fused-ring (bicyclic) bond motifs is 9. The van der Waals surface area contributed by atoms with Crippen LogP contribution in [0.3, 0.4) is 0 Å². The van der Waals surface area contributed by atoms with Gasteiger partial charge in [-0.2, -0.15) is 0 Å². The van der Waals surface area contributed by atoms with Crippen molar-refractivity contribution >= 4 is 16.9 Å². The fourth-order valence-electron chi connectivity index (χ4n) is 7.39. The molecule has 0 radical (unpaired) electrons. The van der Waals surface area contributed by atoms with Crippen molar-refractivity contribution in [3.05, 3.63) is 172 Å². The van der Waals surface area contributed by atoms with E-state index in [0.29, 0.717) is 0 Å². The van der Waals surface area contributed by atoms with E-state index in [1.165, 1.54) is 55.6 Å². The third-order valence-corrected chi connectivity index (χ3v) is 9.22. The van der Waals surface area contributed by atoms with E-state index in [9.17, 15) is 0 Å². The van der Waals surface area contributed by atoms with E-state index in [1.54, 1.807) is 0 Å². The molecule has 0 amide bonds. The molecule has 1 heteroatoms. The molecule has 200 valence electrons. The number of anilines is 2. The zero-order valence-electron chi connectivity index (χ0n) is 24.2. The molecule has 0 aromatic heterocycles. The molecule has 1 N–H and O–H groups in total. The van der Waals surface area contributed by atoms with Crippen molar-refractivity contribution in [1.29, 1.82) is 0 Å². The van der Waals surface area contributed by atoms with Crippen molar-refractivity contribution < 1.29 is 0 Å². The Bertz CT molecular complexity index is 1800. The Morgan fingerprint density at radius 1 is 0.561 bits per heavy atom. The predicted octanol–water partition coefficient (Wildman–Crippen LogP) is 10.4. The Morgan fingerprint density at radius 3 is 1.71 bits per heavy atom. The summed E-state index contributed by atoms with van der Waals surface area (Å²) in [4.78, 5) is 0. The van der Waals surface area contributed by atoms with Crippen LogP contribution in [-0.2, 0) is 10.8 Å². The Morgan fingerprint density at radius 2 is 1.10 bits per heavy atom. The maximum absolute atomic E-state index is 3.74. The summed E-state index contributed by atoms with van der Waals surface area (Å²) in [6, 6.07) is 42.9. The quantitative estimate of drug-likeness (QED) is 0.224. The molecule has 7 rings (SSSR count). The van der Waals surface area contributed by atoms with Crippen molar-refractivity contribution in [1.82, 2.24) is 0 Å². The van der Waals surface area contributed by atoms with Crippen molar-refractivity contribution in [3.8, 4) is 11.1 Å². The van der Waals surface area contributed by atoms with Gasteiger partial charge in [0.15, 0.2) is 0 Å². The molecule has 2 aliphatic rings. The number of hydrogen-bond acceptors (Lipinski definition) is 1. The summed E-state index contributed by atoms with van der Waals surface area (Å²) >= 11 is 0. The highest BCUT2D eigenvalue weighted by molar-refractivity contribution is 5.89. The van der Waals surface area contributed by atoms with Crippen LogP contribution in [0.1, 0.15) is 66.6 Å². The number of hydrogen-bond donors (Lipinski definition) is 1. The SMILES string of the molecule is C/C=C\C(=C/C)c1ccc(Nc2ccc3c(c2)C2(c4ccccc4-c4ccccc42)c2ccccc2C3(C)C)cc1. The minimum atomic E-state index is -0.372. The van der Waals surface area contributed by atoms with Gasteiger partial charge in [0.05, 0.1) is 5.41 Å². The van der Waals surface area contributed by atoms with Crippen LogP contribution in [0.2, 0.25) is 0 Å². The van der Waals surface area contributed by atoms with E-state index in [1.807, 2.05) is 0 Å². The van der Waals surface area contributed by atoms with Gasteiger partial charge in [-0.25, -0.2) is 0 Å². The molecule has 0 bridgehead atoms. The summed E-state index contributed by atoms with van der Waals surface area (Å²) in [7, 11) is 0. The van der Waals surface area contributed by atoms with Gasteiger partial charge in [-0.3, -0.25) is 0 Å². The van der Waals surface area contributed by atoms with Crippen molar-refractivity contribution in [2.75, 3.05) is 5.32 Å². The van der Waals surface area contributed by atoms with Crippen molar-refractivity contribution in [3.63, 3.8) is 0 Å². The molecular formula is C40H35N. The lowest BCUT2D eigenvalue weighted by Gasteiger charge is -2.46. The fraction of sp³-hybridized carbons (Fsp3) is 0.150. The van der Waals surface area contributed by atoms with Crippen LogP contribution in [0.15, 0.2) is 133 Å². The molecule has 0 atom stereocenters. The zero-order chi connectivity index (χ0) is 28.2. The van der Waals surface area contributed by atoms with Crippen LogP contribution in [0.5, 0.6) is 0 Å². The van der Waals surface area contributed by atoms with Crippen molar-refractivity contribution in [2.24, 2.45) is 0 Å². The van der Waals surface area contributed by atoms with E-state index in [-0.39, 0.29) is 10.8 Å². The Hall–Kier alpha value is -4.62. The second kappa shape index (κ2) is 9.49. The Labute approximate surface area is 243 Å². The second-order valence-electron chi connectivity index (χ2n) is 11.7. The molecular weight excluding hydrogens is 494 g/mol. The predicted molar refractivity (Wildman–Crippen MR) is 174 cm³/mol. The molecule has 0 saturated heterocycles. The lowest BCUT2D eigenvalue weighted by Crippen LogP contribution is -2.40. The highest BCUT2D eigenvalue weighted by Gasteiger charge is 2.53. The average molecular weight is 530 g/mol. The first kappa shape index (κ1) is 25.4. The summed E-state index contributed by atoms with van der Waals surface area (Å²) in [6.45, 7) is 8.89. The van der Waals surface area contributed by atoms with Crippen molar-refractivity contribution in [2.45, 2.75) is 38.5 Å². The van der Waals surface area contributed by atoms with Gasteiger partial charge in [-0.05, 0) is 93.8 Å². The number of rotatable bonds is 4. The maximum atomic E-state index is 3.74. The van der Waals surface area contributed by atoms with Gasteiger partial charge in [0, 0.05) is 16.8 Å². The molecule has 0 fully saturated rings. The first-order chi connectivity index (χ1) is 20.0. The number of nitrogens with one attached hydrogen (secondary N) is 1. The van der Waals surface area contributed by atoms with Gasteiger partial charge in [-0.15, -0.1) is 0 Å². The van der Waals surface area contributed by atoms with E-state index in [2.05, 4.69) is 167 Å². The van der Waals surface area contributed by atoms with Crippen LogP contribution < -0.4 is 5.32 Å². The Balaban J connectivity index is 1.44. The van der Waals surface area contributed by atoms with Crippen LogP contribution in [0, 0.1) is 0 Å². The number of allylic oxidation sites excluding steroid dienone is 4. The Kier molecular flexibility index (Phi) is 5.87. The first-order valence-corrected chi connectivity index (χ1v) is 14.6. The van der Waals surface area contributed by atoms with Gasteiger partial charge in [0.25, 0.3) is 0 Å². The summed E-state index contributed by atoms with van der Waals surface area (Å²) in [5.74, 6) is 0. The molecule has 0 heterocycles. The standard InChI is InChI=1S/C40H35N/c1-5-13-27(6-2)28-20-22-29(23-21-28)41-30-24-25-36-38(26-30)40(37-19-12-11-18-35(37)39(36,3)4)33-16-9-7-14-31(33)32-15-8-10-17-34(32)40/h5-26,41H,1-4H3/b13-5-,27-6+. The van der Waals surface area contributed by atoms with Gasteiger partial charge < -0.3 is 5.32 Å². The van der Waals surface area contributed by atoms with Gasteiger partial charge >= 0.3 is 0 Å². The van der Waals surface area contributed by atoms with E-state index >= 15 is 0 Å². The smallest absolute Gasteiger partial charge is 0.0720 e. The summed E-state index contributed by atoms with van der Waals surface area (Å²) in [5.41, 5.74) is 15.1. The molecule has 5 aromatic carbocycles. The molecule has 0 unspecified atom stereocenters. The van der Waals surface area contributed by atoms with Crippen LogP contribution in [-0.4, -0.2) is 0 Å². The van der Waals surface area contributed by atoms with Crippen LogP contribution in [0.4, 0.5) is 11.4 Å².